The van der Waals surface area contributed by atoms with E-state index in [0.717, 1.165) is 69.1 Å². The first-order valence-corrected chi connectivity index (χ1v) is 19.2. The number of nitrogens with one attached hydrogen (secondary N) is 2. The van der Waals surface area contributed by atoms with Gasteiger partial charge < -0.3 is 19.4 Å². The fourth-order valence-electron chi connectivity index (χ4n) is 7.41. The van der Waals surface area contributed by atoms with E-state index in [1.54, 1.807) is 18.3 Å². The Morgan fingerprint density at radius 3 is 2.60 bits per heavy atom. The molecule has 0 aliphatic carbocycles. The number of thiazole rings is 1. The van der Waals surface area contributed by atoms with Gasteiger partial charge in [0.15, 0.2) is 0 Å². The summed E-state index contributed by atoms with van der Waals surface area (Å²) in [5.41, 5.74) is 9.60. The van der Waals surface area contributed by atoms with Crippen molar-refractivity contribution in [3.63, 3.8) is 0 Å². The van der Waals surface area contributed by atoms with Crippen LogP contribution in [0.3, 0.4) is 0 Å². The van der Waals surface area contributed by atoms with Gasteiger partial charge in [-0.3, -0.25) is 29.3 Å². The number of fused-ring (bicyclic) bond motifs is 1. The molecule has 2 amide bonds. The van der Waals surface area contributed by atoms with E-state index in [-0.39, 0.29) is 48.3 Å². The molecule has 286 valence electrons. The summed E-state index contributed by atoms with van der Waals surface area (Å²) in [6, 6.07) is 9.24. The minimum atomic E-state index is -0.766. The number of likely N-dealkylation sites (N-methyl/N-ethyl adjacent to an activating group) is 1. The second-order valence-electron chi connectivity index (χ2n) is 15.3. The maximum atomic E-state index is 13.8. The molecule has 3 unspecified atom stereocenters. The summed E-state index contributed by atoms with van der Waals surface area (Å²) in [6.45, 7) is 12.3. The van der Waals surface area contributed by atoms with Crippen molar-refractivity contribution < 1.29 is 23.9 Å². The number of nitrogens with zero attached hydrogens (tertiary/aromatic N) is 5. The van der Waals surface area contributed by atoms with Crippen LogP contribution in [-0.2, 0) is 43.7 Å². The summed E-state index contributed by atoms with van der Waals surface area (Å²) in [7, 11) is 7.51. The summed E-state index contributed by atoms with van der Waals surface area (Å²) < 4.78 is 13.2. The zero-order valence-corrected chi connectivity index (χ0v) is 33.4. The van der Waals surface area contributed by atoms with Gasteiger partial charge in [-0.1, -0.05) is 33.8 Å². The summed E-state index contributed by atoms with van der Waals surface area (Å²) in [6.07, 6.45) is 4.38. The van der Waals surface area contributed by atoms with Gasteiger partial charge in [0.05, 0.1) is 40.8 Å². The molecule has 1 aliphatic heterocycles. The van der Waals surface area contributed by atoms with E-state index in [0.29, 0.717) is 19.4 Å². The van der Waals surface area contributed by atoms with Gasteiger partial charge >= 0.3 is 0 Å². The third kappa shape index (κ3) is 9.14. The molecule has 13 heteroatoms. The largest absolute Gasteiger partial charge is 0.467 e. The van der Waals surface area contributed by atoms with Gasteiger partial charge in [-0.25, -0.2) is 10.4 Å². The predicted octanol–water partition coefficient (Wildman–Crippen LogP) is 5.55. The number of rotatable bonds is 16. The molecular weight excluding hydrogens is 691 g/mol. The van der Waals surface area contributed by atoms with Crippen LogP contribution in [0.15, 0.2) is 41.9 Å². The van der Waals surface area contributed by atoms with Crippen LogP contribution < -0.4 is 10.7 Å². The number of carbonyl (C=O) groups is 3. The first-order chi connectivity index (χ1) is 25.3. The van der Waals surface area contributed by atoms with Gasteiger partial charge in [0.25, 0.3) is 12.4 Å². The summed E-state index contributed by atoms with van der Waals surface area (Å²) in [5, 5.41) is 8.57. The molecule has 0 radical (unpaired) electrons. The van der Waals surface area contributed by atoms with Crippen LogP contribution in [0, 0.1) is 11.3 Å². The summed E-state index contributed by atoms with van der Waals surface area (Å²) in [5.74, 6) is -0.263. The Morgan fingerprint density at radius 2 is 1.94 bits per heavy atom. The highest BCUT2D eigenvalue weighted by atomic mass is 32.1. The Morgan fingerprint density at radius 1 is 1.17 bits per heavy atom. The maximum Gasteiger partial charge on any atom is 0.293 e. The van der Waals surface area contributed by atoms with Crippen LogP contribution >= 0.6 is 11.3 Å². The number of ether oxygens (including phenoxy) is 2. The van der Waals surface area contributed by atoms with Crippen molar-refractivity contribution in [3.05, 3.63) is 58.2 Å². The number of methoxy groups -OCH3 is 1. The van der Waals surface area contributed by atoms with Gasteiger partial charge in [-0.05, 0) is 76.0 Å². The highest BCUT2D eigenvalue weighted by molar-refractivity contribution is 7.10. The molecule has 1 fully saturated rings. The zero-order valence-electron chi connectivity index (χ0n) is 32.6. The second-order valence-corrected chi connectivity index (χ2v) is 16.3. The number of aromatic nitrogens is 3. The molecule has 1 aliphatic rings. The highest BCUT2D eigenvalue weighted by Crippen LogP contribution is 2.41. The summed E-state index contributed by atoms with van der Waals surface area (Å²) >= 11 is 1.49. The van der Waals surface area contributed by atoms with Crippen molar-refractivity contribution in [2.75, 3.05) is 40.9 Å². The molecule has 12 nitrogen and oxygen atoms in total. The zero-order chi connectivity index (χ0) is 38.4. The van der Waals surface area contributed by atoms with Gasteiger partial charge in [0.2, 0.25) is 5.91 Å². The number of pyridine rings is 1. The molecule has 0 saturated carbocycles. The van der Waals surface area contributed by atoms with E-state index in [9.17, 15) is 14.4 Å². The van der Waals surface area contributed by atoms with Crippen molar-refractivity contribution >= 4 is 40.5 Å². The lowest BCUT2D eigenvalue weighted by Gasteiger charge is -2.33. The second kappa shape index (κ2) is 17.3. The van der Waals surface area contributed by atoms with Crippen LogP contribution in [0.2, 0.25) is 0 Å². The maximum absolute atomic E-state index is 13.8. The molecule has 0 bridgehead atoms. The fourth-order valence-corrected chi connectivity index (χ4v) is 8.26. The SMILES string of the molecule is COC(C)c1ncccc1-c1c(CC(C)(C)COC=O)c2cc(-c3csc(CC(NC(=O)C(C(C)C)N(C)C)C(=O)N4CCCCN4)n3)ccc2n1C. The average molecular weight is 746 g/mol. The molecule has 4 aromatic rings. The normalized spacial score (nSPS) is 15.5. The van der Waals surface area contributed by atoms with E-state index in [1.165, 1.54) is 11.3 Å². The number of benzene rings is 1. The number of amides is 2. The van der Waals surface area contributed by atoms with E-state index in [2.05, 4.69) is 60.5 Å². The third-order valence-electron chi connectivity index (χ3n) is 10.0. The molecule has 53 heavy (non-hydrogen) atoms. The average Bonchev–Trinajstić information content (AvgIpc) is 3.71. The van der Waals surface area contributed by atoms with Crippen LogP contribution in [-0.4, -0.2) is 95.7 Å². The molecule has 3 aromatic heterocycles. The van der Waals surface area contributed by atoms with Crippen LogP contribution in [0.4, 0.5) is 0 Å². The van der Waals surface area contributed by atoms with Gasteiger partial charge in [-0.2, -0.15) is 0 Å². The Kier molecular flexibility index (Phi) is 13.1. The van der Waals surface area contributed by atoms with Crippen molar-refractivity contribution in [1.82, 2.24) is 35.2 Å². The third-order valence-corrected chi connectivity index (χ3v) is 10.9. The van der Waals surface area contributed by atoms with Crippen LogP contribution in [0.5, 0.6) is 0 Å². The van der Waals surface area contributed by atoms with Crippen LogP contribution in [0.25, 0.3) is 33.4 Å². The van der Waals surface area contributed by atoms with Gasteiger partial charge in [-0.15, -0.1) is 11.3 Å². The smallest absolute Gasteiger partial charge is 0.293 e. The molecular formula is C40H55N7O5S. The Labute approximate surface area is 317 Å². The van der Waals surface area contributed by atoms with E-state index < -0.39 is 6.04 Å². The van der Waals surface area contributed by atoms with Crippen LogP contribution in [0.1, 0.15) is 69.8 Å². The fraction of sp³-hybridized carbons (Fsp3) is 0.525. The molecule has 1 aromatic carbocycles. The van der Waals surface area contributed by atoms with Crippen molar-refractivity contribution in [1.29, 1.82) is 0 Å². The first-order valence-electron chi connectivity index (χ1n) is 18.4. The highest BCUT2D eigenvalue weighted by Gasteiger charge is 2.33. The Hall–Kier alpha value is -4.17. The standard InChI is InChI=1S/C40H55N7O5S/c1-25(2)36(45(6)7)38(49)44-31(39(50)47-18-11-10-17-42-47)20-34-43-32(22-53-34)27-14-15-33-29(19-27)30(21-40(4,5)23-52-24-48)37(46(33)8)28-13-12-16-41-35(28)26(3)51-9/h12-16,19,22,24-26,31,36,42H,10-11,17-18,20-21,23H2,1-9H3,(H,44,49). The molecule has 3 atom stereocenters. The van der Waals surface area contributed by atoms with Gasteiger partial charge in [0, 0.05) is 72.7 Å². The number of aryl methyl sites for hydroxylation is 1. The number of hydrogen-bond donors (Lipinski definition) is 2. The number of hydrogen-bond acceptors (Lipinski definition) is 10. The molecule has 2 N–H and O–H groups in total. The molecule has 1 saturated heterocycles. The monoisotopic (exact) mass is 745 g/mol. The first kappa shape index (κ1) is 40.0. The quantitative estimate of drug-likeness (QED) is 0.142. The topological polar surface area (TPSA) is 131 Å². The Balaban J connectivity index is 1.54. The lowest BCUT2D eigenvalue weighted by molar-refractivity contribution is -0.141. The minimum absolute atomic E-state index is 0.0647. The molecule has 0 spiro atoms. The van der Waals surface area contributed by atoms with Crippen molar-refractivity contribution in [2.45, 2.75) is 78.5 Å². The number of hydrazine groups is 1. The lowest BCUT2D eigenvalue weighted by atomic mass is 9.84. The predicted molar refractivity (Wildman–Crippen MR) is 209 cm³/mol. The van der Waals surface area contributed by atoms with E-state index >= 15 is 0 Å². The summed E-state index contributed by atoms with van der Waals surface area (Å²) in [4.78, 5) is 50.2. The molecule has 4 heterocycles. The van der Waals surface area contributed by atoms with Gasteiger partial charge in [0.1, 0.15) is 6.04 Å². The van der Waals surface area contributed by atoms with Crippen molar-refractivity contribution in [3.8, 4) is 22.5 Å². The Bertz CT molecular complexity index is 1890. The minimum Gasteiger partial charge on any atom is -0.467 e. The number of carbonyl (C=O) groups excluding carboxylic acids is 3. The van der Waals surface area contributed by atoms with E-state index in [4.69, 9.17) is 19.4 Å². The van der Waals surface area contributed by atoms with E-state index in [1.807, 2.05) is 51.2 Å². The molecule has 5 rings (SSSR count). The lowest BCUT2D eigenvalue weighted by Crippen LogP contribution is -2.58. The van der Waals surface area contributed by atoms with Crippen molar-refractivity contribution in [2.24, 2.45) is 18.4 Å².